The van der Waals surface area contributed by atoms with E-state index in [0.29, 0.717) is 12.3 Å². The molecule has 5 nitrogen and oxygen atoms in total. The van der Waals surface area contributed by atoms with Crippen LogP contribution in [0.5, 0.6) is 0 Å². The minimum atomic E-state index is -0.921. The molecular formula is C13H21NO4. The van der Waals surface area contributed by atoms with Crippen LogP contribution < -0.4 is 0 Å². The molecule has 1 heterocycles. The molecule has 102 valence electrons. The number of rotatable bonds is 1. The van der Waals surface area contributed by atoms with Crippen LogP contribution in [0.4, 0.5) is 4.79 Å². The maximum Gasteiger partial charge on any atom is 0.411 e. The van der Waals surface area contributed by atoms with E-state index in [0.717, 1.165) is 19.3 Å². The van der Waals surface area contributed by atoms with Crippen molar-refractivity contribution in [3.05, 3.63) is 0 Å². The van der Waals surface area contributed by atoms with E-state index >= 15 is 0 Å². The first-order valence-corrected chi connectivity index (χ1v) is 6.54. The second-order valence-corrected chi connectivity index (χ2v) is 6.24. The van der Waals surface area contributed by atoms with Crippen LogP contribution in [-0.4, -0.2) is 39.8 Å². The van der Waals surface area contributed by atoms with Crippen molar-refractivity contribution in [1.29, 1.82) is 0 Å². The number of hydrogen-bond donors (Lipinski definition) is 1. The minimum absolute atomic E-state index is 0.0564. The molecule has 1 aliphatic heterocycles. The predicted molar refractivity (Wildman–Crippen MR) is 65.2 cm³/mol. The van der Waals surface area contributed by atoms with Gasteiger partial charge in [0.25, 0.3) is 0 Å². The number of likely N-dealkylation sites (tertiary alicyclic amines) is 1. The summed E-state index contributed by atoms with van der Waals surface area (Å²) < 4.78 is 5.33. The van der Waals surface area contributed by atoms with Gasteiger partial charge in [-0.1, -0.05) is 6.42 Å². The number of aliphatic carboxylic acids is 1. The van der Waals surface area contributed by atoms with Gasteiger partial charge in [-0.3, -0.25) is 4.90 Å². The molecule has 0 radical (unpaired) electrons. The van der Waals surface area contributed by atoms with Gasteiger partial charge >= 0.3 is 12.1 Å². The lowest BCUT2D eigenvalue weighted by molar-refractivity contribution is -0.142. The molecule has 0 aromatic heterocycles. The van der Waals surface area contributed by atoms with Crippen LogP contribution in [0, 0.1) is 5.92 Å². The van der Waals surface area contributed by atoms with Crippen LogP contribution in [0.2, 0.25) is 0 Å². The Morgan fingerprint density at radius 3 is 2.50 bits per heavy atom. The molecule has 5 heteroatoms. The number of carboxylic acids is 1. The van der Waals surface area contributed by atoms with Crippen LogP contribution in [0.15, 0.2) is 0 Å². The van der Waals surface area contributed by atoms with Gasteiger partial charge in [0.05, 0.1) is 0 Å². The molecule has 1 N–H and O–H groups in total. The number of carbonyl (C=O) groups is 2. The molecule has 0 bridgehead atoms. The van der Waals surface area contributed by atoms with Gasteiger partial charge in [-0.15, -0.1) is 0 Å². The van der Waals surface area contributed by atoms with E-state index in [1.54, 1.807) is 20.8 Å². The molecule has 0 spiro atoms. The molecule has 2 aliphatic rings. The first-order chi connectivity index (χ1) is 8.29. The molecule has 0 aromatic carbocycles. The normalized spacial score (nSPS) is 31.3. The monoisotopic (exact) mass is 255 g/mol. The van der Waals surface area contributed by atoms with Crippen molar-refractivity contribution in [1.82, 2.24) is 4.90 Å². The van der Waals surface area contributed by atoms with Crippen molar-refractivity contribution in [2.24, 2.45) is 5.92 Å². The fourth-order valence-electron chi connectivity index (χ4n) is 3.09. The van der Waals surface area contributed by atoms with E-state index in [4.69, 9.17) is 4.74 Å². The number of carboxylic acid groups (broad SMARTS) is 1. The van der Waals surface area contributed by atoms with Gasteiger partial charge in [-0.05, 0) is 46.0 Å². The number of ether oxygens (including phenoxy) is 1. The molecule has 1 amide bonds. The molecule has 18 heavy (non-hydrogen) atoms. The number of carbonyl (C=O) groups excluding carboxylic acids is 1. The standard InChI is InChI=1S/C13H21NO4/c1-13(2,3)18-12(17)14-9-6-4-5-8(9)7-10(14)11(15)16/h8-10H,4-7H2,1-3H3,(H,15,16)/t8?,9-,10-/m0/s1. The Morgan fingerprint density at radius 1 is 1.28 bits per heavy atom. The molecule has 1 saturated heterocycles. The van der Waals surface area contributed by atoms with Gasteiger partial charge in [0.15, 0.2) is 0 Å². The fourth-order valence-corrected chi connectivity index (χ4v) is 3.09. The highest BCUT2D eigenvalue weighted by Gasteiger charge is 2.50. The fraction of sp³-hybridized carbons (Fsp3) is 0.846. The summed E-state index contributed by atoms with van der Waals surface area (Å²) in [5, 5.41) is 9.24. The van der Waals surface area contributed by atoms with Crippen LogP contribution in [0.1, 0.15) is 46.5 Å². The number of fused-ring (bicyclic) bond motifs is 1. The van der Waals surface area contributed by atoms with Crippen LogP contribution in [0.25, 0.3) is 0 Å². The van der Waals surface area contributed by atoms with E-state index < -0.39 is 23.7 Å². The molecule has 0 aromatic rings. The summed E-state index contributed by atoms with van der Waals surface area (Å²) in [5.74, 6) is -0.589. The topological polar surface area (TPSA) is 66.8 Å². The van der Waals surface area contributed by atoms with Gasteiger partial charge in [0, 0.05) is 6.04 Å². The van der Waals surface area contributed by atoms with Gasteiger partial charge in [0.1, 0.15) is 11.6 Å². The summed E-state index contributed by atoms with van der Waals surface area (Å²) in [4.78, 5) is 24.9. The Bertz CT molecular complexity index is 360. The van der Waals surface area contributed by atoms with Crippen molar-refractivity contribution in [2.75, 3.05) is 0 Å². The zero-order chi connectivity index (χ0) is 13.5. The Balaban J connectivity index is 2.16. The number of amides is 1. The van der Waals surface area contributed by atoms with Crippen molar-refractivity contribution in [3.63, 3.8) is 0 Å². The summed E-state index contributed by atoms with van der Waals surface area (Å²) in [6.07, 6.45) is 3.08. The zero-order valence-electron chi connectivity index (χ0n) is 11.2. The molecule has 1 aliphatic carbocycles. The third-order valence-electron chi connectivity index (χ3n) is 3.73. The Kier molecular flexibility index (Phi) is 3.25. The van der Waals surface area contributed by atoms with Crippen molar-refractivity contribution >= 4 is 12.1 Å². The SMILES string of the molecule is CC(C)(C)OC(=O)N1[C@H](C(=O)O)CC2CCC[C@@H]21. The third-order valence-corrected chi connectivity index (χ3v) is 3.73. The van der Waals surface area contributed by atoms with Crippen molar-refractivity contribution < 1.29 is 19.4 Å². The zero-order valence-corrected chi connectivity index (χ0v) is 11.2. The van der Waals surface area contributed by atoms with Crippen LogP contribution in [0.3, 0.4) is 0 Å². The second-order valence-electron chi connectivity index (χ2n) is 6.24. The maximum absolute atomic E-state index is 12.2. The molecule has 2 fully saturated rings. The van der Waals surface area contributed by atoms with Crippen molar-refractivity contribution in [2.45, 2.75) is 64.1 Å². The van der Waals surface area contributed by atoms with Gasteiger partial charge < -0.3 is 9.84 Å². The lowest BCUT2D eigenvalue weighted by Crippen LogP contribution is -2.47. The number of hydrogen-bond acceptors (Lipinski definition) is 3. The van der Waals surface area contributed by atoms with E-state index in [9.17, 15) is 14.7 Å². The average molecular weight is 255 g/mol. The van der Waals surface area contributed by atoms with E-state index in [-0.39, 0.29) is 6.04 Å². The smallest absolute Gasteiger partial charge is 0.411 e. The molecule has 1 saturated carbocycles. The van der Waals surface area contributed by atoms with Gasteiger partial charge in [-0.25, -0.2) is 9.59 Å². The summed E-state index contributed by atoms with van der Waals surface area (Å²) in [7, 11) is 0. The highest BCUT2D eigenvalue weighted by molar-refractivity contribution is 5.81. The van der Waals surface area contributed by atoms with Crippen LogP contribution >= 0.6 is 0 Å². The van der Waals surface area contributed by atoms with Crippen LogP contribution in [-0.2, 0) is 9.53 Å². The summed E-state index contributed by atoms with van der Waals surface area (Å²) in [6, 6.07) is -0.656. The third kappa shape index (κ3) is 2.44. The largest absolute Gasteiger partial charge is 0.480 e. The van der Waals surface area contributed by atoms with Gasteiger partial charge in [0.2, 0.25) is 0 Å². The minimum Gasteiger partial charge on any atom is -0.480 e. The van der Waals surface area contributed by atoms with Gasteiger partial charge in [-0.2, -0.15) is 0 Å². The summed E-state index contributed by atoms with van der Waals surface area (Å²) in [5.41, 5.74) is -0.586. The average Bonchev–Trinajstić information content (AvgIpc) is 2.70. The number of nitrogens with zero attached hydrogens (tertiary/aromatic N) is 1. The lowest BCUT2D eigenvalue weighted by atomic mass is 10.0. The van der Waals surface area contributed by atoms with E-state index in [2.05, 4.69) is 0 Å². The van der Waals surface area contributed by atoms with Crippen molar-refractivity contribution in [3.8, 4) is 0 Å². The Morgan fingerprint density at radius 2 is 1.94 bits per heavy atom. The highest BCUT2D eigenvalue weighted by Crippen LogP contribution is 2.41. The summed E-state index contributed by atoms with van der Waals surface area (Å²) in [6.45, 7) is 5.38. The quantitative estimate of drug-likeness (QED) is 0.780. The first kappa shape index (κ1) is 13.2. The second kappa shape index (κ2) is 4.44. The Hall–Kier alpha value is -1.26. The molecule has 3 atom stereocenters. The van der Waals surface area contributed by atoms with E-state index in [1.807, 2.05) is 0 Å². The maximum atomic E-state index is 12.2. The molecule has 1 unspecified atom stereocenters. The summed E-state index contributed by atoms with van der Waals surface area (Å²) >= 11 is 0. The predicted octanol–water partition coefficient (Wildman–Crippen LogP) is 2.25. The van der Waals surface area contributed by atoms with E-state index in [1.165, 1.54) is 4.90 Å². The molecule has 2 rings (SSSR count). The highest BCUT2D eigenvalue weighted by atomic mass is 16.6. The lowest BCUT2D eigenvalue weighted by Gasteiger charge is -2.30. The first-order valence-electron chi connectivity index (χ1n) is 6.54. The Labute approximate surface area is 107 Å². The molecular weight excluding hydrogens is 234 g/mol.